The zero-order chi connectivity index (χ0) is 9.47. The molecule has 0 radical (unpaired) electrons. The second-order valence-corrected chi connectivity index (χ2v) is 4.49. The van der Waals surface area contributed by atoms with Crippen LogP contribution in [-0.2, 0) is 0 Å². The van der Waals surface area contributed by atoms with Crippen LogP contribution < -0.4 is 0 Å². The lowest BCUT2D eigenvalue weighted by atomic mass is 9.64. The van der Waals surface area contributed by atoms with Crippen molar-refractivity contribution in [3.8, 4) is 0 Å². The van der Waals surface area contributed by atoms with Crippen molar-refractivity contribution in [1.29, 1.82) is 0 Å². The average Bonchev–Trinajstić information content (AvgIpc) is 2.12. The molecule has 0 aromatic rings. The summed E-state index contributed by atoms with van der Waals surface area (Å²) in [6, 6.07) is 0. The first-order valence-electron chi connectivity index (χ1n) is 5.23. The summed E-state index contributed by atoms with van der Waals surface area (Å²) in [6.07, 6.45) is 5.22. The monoisotopic (exact) mass is 182 g/mol. The van der Waals surface area contributed by atoms with Gasteiger partial charge in [0.2, 0.25) is 0 Å². The van der Waals surface area contributed by atoms with Crippen LogP contribution in [0.1, 0.15) is 38.5 Å². The first kappa shape index (κ1) is 9.22. The lowest BCUT2D eigenvalue weighted by Crippen LogP contribution is -2.50. The quantitative estimate of drug-likeness (QED) is 0.559. The van der Waals surface area contributed by atoms with Crippen molar-refractivity contribution >= 4 is 0 Å². The van der Waals surface area contributed by atoms with Crippen LogP contribution in [0.2, 0.25) is 0 Å². The summed E-state index contributed by atoms with van der Waals surface area (Å²) in [5, 5.41) is 20.2. The van der Waals surface area contributed by atoms with Crippen LogP contribution in [-0.4, -0.2) is 21.9 Å². The van der Waals surface area contributed by atoms with Crippen LogP contribution in [0.25, 0.3) is 0 Å². The second-order valence-electron chi connectivity index (χ2n) is 4.49. The number of hydrogen-bond acceptors (Lipinski definition) is 2. The minimum atomic E-state index is -0.740. The topological polar surface area (TPSA) is 40.5 Å². The number of fused-ring (bicyclic) bond motifs is 1. The molecule has 2 fully saturated rings. The molecule has 13 heavy (non-hydrogen) atoms. The Balaban J connectivity index is 2.25. The summed E-state index contributed by atoms with van der Waals surface area (Å²) in [4.78, 5) is 0. The Morgan fingerprint density at radius 1 is 1.31 bits per heavy atom. The summed E-state index contributed by atoms with van der Waals surface area (Å²) in [5.41, 5.74) is 0.207. The van der Waals surface area contributed by atoms with Gasteiger partial charge in [-0.15, -0.1) is 0 Å². The van der Waals surface area contributed by atoms with E-state index >= 15 is 0 Å². The zero-order valence-corrected chi connectivity index (χ0v) is 8.00. The van der Waals surface area contributed by atoms with Crippen LogP contribution in [0.3, 0.4) is 0 Å². The van der Waals surface area contributed by atoms with Gasteiger partial charge in [0.25, 0.3) is 0 Å². The predicted molar refractivity (Wildman–Crippen MR) is 51.3 cm³/mol. The highest BCUT2D eigenvalue weighted by molar-refractivity contribution is 5.20. The molecular formula is C11H18O2. The Hall–Kier alpha value is -0.340. The minimum Gasteiger partial charge on any atom is -0.393 e. The number of rotatable bonds is 0. The van der Waals surface area contributed by atoms with Gasteiger partial charge in [-0.25, -0.2) is 0 Å². The molecule has 2 N–H and O–H groups in total. The van der Waals surface area contributed by atoms with E-state index in [2.05, 4.69) is 6.58 Å². The maximum absolute atomic E-state index is 10.4. The van der Waals surface area contributed by atoms with Gasteiger partial charge in [-0.2, -0.15) is 0 Å². The van der Waals surface area contributed by atoms with E-state index in [0.717, 1.165) is 44.1 Å². The van der Waals surface area contributed by atoms with E-state index < -0.39 is 5.60 Å². The molecule has 0 bridgehead atoms. The normalized spacial score (nSPS) is 45.8. The van der Waals surface area contributed by atoms with Crippen LogP contribution in [0.15, 0.2) is 12.2 Å². The van der Waals surface area contributed by atoms with Gasteiger partial charge in [0.05, 0.1) is 11.7 Å². The van der Waals surface area contributed by atoms with E-state index in [1.165, 1.54) is 0 Å². The van der Waals surface area contributed by atoms with Gasteiger partial charge in [-0.3, -0.25) is 0 Å². The van der Waals surface area contributed by atoms with E-state index in [1.54, 1.807) is 0 Å². The average molecular weight is 182 g/mol. The molecular weight excluding hydrogens is 164 g/mol. The maximum atomic E-state index is 10.4. The Kier molecular flexibility index (Phi) is 2.20. The zero-order valence-electron chi connectivity index (χ0n) is 8.00. The molecule has 0 saturated heterocycles. The van der Waals surface area contributed by atoms with Crippen LogP contribution >= 0.6 is 0 Å². The van der Waals surface area contributed by atoms with E-state index in [4.69, 9.17) is 0 Å². The maximum Gasteiger partial charge on any atom is 0.0906 e. The Labute approximate surface area is 79.3 Å². The van der Waals surface area contributed by atoms with Crippen molar-refractivity contribution < 1.29 is 10.2 Å². The highest BCUT2D eigenvalue weighted by Crippen LogP contribution is 2.46. The molecule has 2 rings (SSSR count). The van der Waals surface area contributed by atoms with E-state index in [9.17, 15) is 10.2 Å². The molecule has 0 amide bonds. The molecule has 0 aromatic carbocycles. The Morgan fingerprint density at radius 2 is 2.08 bits per heavy atom. The van der Waals surface area contributed by atoms with E-state index in [0.29, 0.717) is 0 Å². The number of hydrogen-bond donors (Lipinski definition) is 2. The molecule has 2 saturated carbocycles. The van der Waals surface area contributed by atoms with Crippen LogP contribution in [0.4, 0.5) is 0 Å². The van der Waals surface area contributed by atoms with Crippen molar-refractivity contribution in [1.82, 2.24) is 0 Å². The molecule has 0 aliphatic heterocycles. The fraction of sp³-hybridized carbons (Fsp3) is 0.818. The van der Waals surface area contributed by atoms with E-state index in [1.807, 2.05) is 0 Å². The Bertz CT molecular complexity index is 224. The molecule has 0 aromatic heterocycles. The van der Waals surface area contributed by atoms with Gasteiger partial charge >= 0.3 is 0 Å². The largest absolute Gasteiger partial charge is 0.393 e. The molecule has 0 unspecified atom stereocenters. The summed E-state index contributed by atoms with van der Waals surface area (Å²) >= 11 is 0. The molecule has 2 aliphatic carbocycles. The summed E-state index contributed by atoms with van der Waals surface area (Å²) in [7, 11) is 0. The number of aliphatic hydroxyl groups is 2. The summed E-state index contributed by atoms with van der Waals surface area (Å²) in [6.45, 7) is 3.94. The second kappa shape index (κ2) is 3.10. The molecule has 0 spiro atoms. The SMILES string of the molecule is C=C1CC[C@@H](O)[C@@H]2CCCC[C@]12O. The predicted octanol–water partition coefficient (Wildman–Crippen LogP) is 1.62. The van der Waals surface area contributed by atoms with Crippen LogP contribution in [0, 0.1) is 5.92 Å². The lowest BCUT2D eigenvalue weighted by Gasteiger charge is -2.47. The van der Waals surface area contributed by atoms with E-state index in [-0.39, 0.29) is 12.0 Å². The standard InChI is InChI=1S/C11H18O2/c1-8-5-6-10(12)9-4-2-3-7-11(8,9)13/h9-10,12-13H,1-7H2/t9-,10+,11-/m0/s1. The van der Waals surface area contributed by atoms with Gasteiger partial charge in [0.1, 0.15) is 0 Å². The summed E-state index contributed by atoms with van der Waals surface area (Å²) in [5.74, 6) is 0.0579. The smallest absolute Gasteiger partial charge is 0.0906 e. The third-order valence-electron chi connectivity index (χ3n) is 3.76. The van der Waals surface area contributed by atoms with Crippen molar-refractivity contribution in [3.63, 3.8) is 0 Å². The van der Waals surface area contributed by atoms with Gasteiger partial charge in [0, 0.05) is 5.92 Å². The van der Waals surface area contributed by atoms with Gasteiger partial charge < -0.3 is 10.2 Å². The first-order chi connectivity index (χ1) is 6.14. The van der Waals surface area contributed by atoms with Gasteiger partial charge in [0.15, 0.2) is 0 Å². The highest BCUT2D eigenvalue weighted by atomic mass is 16.3. The van der Waals surface area contributed by atoms with Crippen molar-refractivity contribution in [3.05, 3.63) is 12.2 Å². The molecule has 2 heteroatoms. The van der Waals surface area contributed by atoms with Crippen molar-refractivity contribution in [2.24, 2.45) is 5.92 Å². The van der Waals surface area contributed by atoms with Gasteiger partial charge in [-0.1, -0.05) is 19.4 Å². The molecule has 74 valence electrons. The Morgan fingerprint density at radius 3 is 2.77 bits per heavy atom. The lowest BCUT2D eigenvalue weighted by molar-refractivity contribution is -0.0906. The summed E-state index contributed by atoms with van der Waals surface area (Å²) < 4.78 is 0. The minimum absolute atomic E-state index is 0.0579. The molecule has 0 heterocycles. The fourth-order valence-corrected chi connectivity index (χ4v) is 2.87. The third kappa shape index (κ3) is 1.32. The highest BCUT2D eigenvalue weighted by Gasteiger charge is 2.47. The molecule has 3 atom stereocenters. The van der Waals surface area contributed by atoms with Crippen molar-refractivity contribution in [2.45, 2.75) is 50.2 Å². The number of aliphatic hydroxyl groups excluding tert-OH is 1. The fourth-order valence-electron chi connectivity index (χ4n) is 2.87. The molecule has 2 aliphatic rings. The first-order valence-corrected chi connectivity index (χ1v) is 5.23. The van der Waals surface area contributed by atoms with Crippen molar-refractivity contribution in [2.75, 3.05) is 0 Å². The van der Waals surface area contributed by atoms with Gasteiger partial charge in [-0.05, 0) is 31.3 Å². The third-order valence-corrected chi connectivity index (χ3v) is 3.76. The molecule has 2 nitrogen and oxygen atoms in total. The van der Waals surface area contributed by atoms with Crippen LogP contribution in [0.5, 0.6) is 0 Å².